The maximum Gasteiger partial charge on any atom is 0.147 e. The van der Waals surface area contributed by atoms with Gasteiger partial charge in [-0.1, -0.05) is 230 Å². The summed E-state index contributed by atoms with van der Waals surface area (Å²) in [4.78, 5) is 4.82. The van der Waals surface area contributed by atoms with Crippen LogP contribution in [0.3, 0.4) is 0 Å². The van der Waals surface area contributed by atoms with Gasteiger partial charge in [0.2, 0.25) is 0 Å². The van der Waals surface area contributed by atoms with Crippen LogP contribution in [0.2, 0.25) is 0 Å². The van der Waals surface area contributed by atoms with Gasteiger partial charge in [0, 0.05) is 82.4 Å². The van der Waals surface area contributed by atoms with Crippen molar-refractivity contribution in [3.8, 4) is 45.1 Å². The Hall–Kier alpha value is -7.44. The molecular formula is C93H124N4O2. The van der Waals surface area contributed by atoms with E-state index in [2.05, 4.69) is 360 Å². The van der Waals surface area contributed by atoms with Gasteiger partial charge in [-0.3, -0.25) is 0 Å². The summed E-state index contributed by atoms with van der Waals surface area (Å²) >= 11 is 0. The summed E-state index contributed by atoms with van der Waals surface area (Å²) in [5.41, 5.74) is 20.7. The van der Waals surface area contributed by atoms with Crippen LogP contribution in [-0.2, 0) is 43.3 Å². The fourth-order valence-electron chi connectivity index (χ4n) is 15.9. The molecule has 0 fully saturated rings. The molecule has 0 radical (unpaired) electrons. The Kier molecular flexibility index (Phi) is 19.0. The Bertz CT molecular complexity index is 4270. The SMILES string of the molecule is CN(CCCN(C)c1ccc(C(C)(C)C)cc1-c1cc(C(C)(C)CC(C)(C)C)cc(-n2c3ccc(C(C)(C)C)cc3c3cc(C(C)(C)C)ccc32)c1O)c1ccc(C(C)(C)C)cc1-c1cc(C(C)(C)CC(C)(C)C)cc(-n2c3ccc(C(C)(C)C)cc3c3cc(C(C)(C)C)ccc32)c1O. The molecule has 2 N–H and O–H groups in total. The number of hydrogen-bond acceptors (Lipinski definition) is 4. The second-order valence-corrected chi connectivity index (χ2v) is 39.8. The molecule has 10 aromatic rings. The Morgan fingerprint density at radius 3 is 0.758 bits per heavy atom. The van der Waals surface area contributed by atoms with Crippen molar-refractivity contribution in [2.45, 2.75) is 256 Å². The summed E-state index contributed by atoms with van der Waals surface area (Å²) in [5, 5.41) is 32.0. The molecule has 528 valence electrons. The minimum absolute atomic E-state index is 0.0409. The number of phenolic OH excluding ortho intramolecular Hbond substituents is 2. The Morgan fingerprint density at radius 2 is 0.515 bits per heavy atom. The quantitative estimate of drug-likeness (QED) is 0.114. The predicted molar refractivity (Wildman–Crippen MR) is 433 cm³/mol. The van der Waals surface area contributed by atoms with Crippen LogP contribution >= 0.6 is 0 Å². The van der Waals surface area contributed by atoms with E-state index in [1.165, 1.54) is 66.1 Å². The van der Waals surface area contributed by atoms with Crippen LogP contribution in [0, 0.1) is 10.8 Å². The molecule has 2 heterocycles. The van der Waals surface area contributed by atoms with Crippen molar-refractivity contribution in [1.82, 2.24) is 9.13 Å². The van der Waals surface area contributed by atoms with Gasteiger partial charge < -0.3 is 29.1 Å². The molecule has 0 saturated heterocycles. The van der Waals surface area contributed by atoms with E-state index in [1.807, 2.05) is 0 Å². The number of phenols is 2. The first-order valence-electron chi connectivity index (χ1n) is 36.9. The summed E-state index contributed by atoms with van der Waals surface area (Å²) in [6.45, 7) is 66.3. The van der Waals surface area contributed by atoms with Crippen LogP contribution in [0.5, 0.6) is 11.5 Å². The van der Waals surface area contributed by atoms with Gasteiger partial charge in [0.25, 0.3) is 0 Å². The zero-order chi connectivity index (χ0) is 73.4. The van der Waals surface area contributed by atoms with Crippen molar-refractivity contribution in [1.29, 1.82) is 0 Å². The summed E-state index contributed by atoms with van der Waals surface area (Å²) in [5.74, 6) is 0.547. The summed E-state index contributed by atoms with van der Waals surface area (Å²) < 4.78 is 4.71. The van der Waals surface area contributed by atoms with Crippen LogP contribution in [0.15, 0.2) is 133 Å². The highest BCUT2D eigenvalue weighted by Crippen LogP contribution is 2.52. The topological polar surface area (TPSA) is 56.8 Å². The van der Waals surface area contributed by atoms with Crippen molar-refractivity contribution in [3.05, 3.63) is 178 Å². The van der Waals surface area contributed by atoms with Crippen LogP contribution in [-0.4, -0.2) is 46.5 Å². The minimum atomic E-state index is -0.254. The molecule has 0 aliphatic carbocycles. The first-order valence-corrected chi connectivity index (χ1v) is 36.9. The number of fused-ring (bicyclic) bond motifs is 6. The molecule has 2 aromatic heterocycles. The van der Waals surface area contributed by atoms with Gasteiger partial charge in [0.05, 0.1) is 33.4 Å². The number of aromatic nitrogens is 2. The molecule has 0 aliphatic rings. The van der Waals surface area contributed by atoms with E-state index in [9.17, 15) is 10.2 Å². The standard InChI is InChI=1S/C93H124N4O2/c1-84(2,3)56-92(25,26)64-52-72(82(98)80(54-64)96-76-40-34-60(88(13,14)15)46-66(76)67-47-61(89(16,17)18)35-41-77(67)96)70-50-58(86(7,8)9)32-38-74(70)94(29)44-31-45-95(30)75-39-33-59(87(10,11)12)51-71(75)73-53-65(93(27,28)57-85(4,5)6)55-81(83(73)99)97-78-42-36-62(90(19,20)21)48-68(78)69-49-63(91(22,23)24)37-43-79(69)97/h32-43,46-55,98-99H,31,44-45,56-57H2,1-30H3. The minimum Gasteiger partial charge on any atom is -0.505 e. The van der Waals surface area contributed by atoms with Gasteiger partial charge in [-0.15, -0.1) is 0 Å². The van der Waals surface area contributed by atoms with Crippen molar-refractivity contribution >= 4 is 55.0 Å². The third kappa shape index (κ3) is 15.1. The van der Waals surface area contributed by atoms with E-state index in [0.29, 0.717) is 0 Å². The predicted octanol–water partition coefficient (Wildman–Crippen LogP) is 25.8. The van der Waals surface area contributed by atoms with Gasteiger partial charge in [-0.2, -0.15) is 0 Å². The molecule has 0 spiro atoms. The third-order valence-corrected chi connectivity index (χ3v) is 21.3. The monoisotopic (exact) mass is 1330 g/mol. The number of anilines is 2. The number of hydrogen-bond donors (Lipinski definition) is 2. The van der Waals surface area contributed by atoms with Crippen LogP contribution in [0.25, 0.3) is 77.2 Å². The molecule has 0 amide bonds. The van der Waals surface area contributed by atoms with Crippen LogP contribution < -0.4 is 9.80 Å². The van der Waals surface area contributed by atoms with Gasteiger partial charge in [0.1, 0.15) is 11.5 Å². The number of benzene rings is 8. The van der Waals surface area contributed by atoms with E-state index in [1.54, 1.807) is 0 Å². The average Bonchev–Trinajstić information content (AvgIpc) is 1.60. The van der Waals surface area contributed by atoms with Gasteiger partial charge in [-0.05, 0) is 215 Å². The summed E-state index contributed by atoms with van der Waals surface area (Å²) in [6, 6.07) is 51.1. The van der Waals surface area contributed by atoms with E-state index >= 15 is 0 Å². The normalized spacial score (nSPS) is 13.6. The highest BCUT2D eigenvalue weighted by molar-refractivity contribution is 6.12. The highest BCUT2D eigenvalue weighted by Gasteiger charge is 2.35. The summed E-state index contributed by atoms with van der Waals surface area (Å²) in [6.07, 6.45) is 2.73. The Labute approximate surface area is 598 Å². The Morgan fingerprint density at radius 1 is 0.283 bits per heavy atom. The lowest BCUT2D eigenvalue weighted by atomic mass is 9.71. The lowest BCUT2D eigenvalue weighted by molar-refractivity contribution is 0.283. The first kappa shape index (κ1) is 74.3. The Balaban J connectivity index is 1.11. The third-order valence-electron chi connectivity index (χ3n) is 21.3. The number of nitrogens with zero attached hydrogens (tertiary/aromatic N) is 4. The zero-order valence-corrected chi connectivity index (χ0v) is 66.9. The van der Waals surface area contributed by atoms with Gasteiger partial charge in [-0.25, -0.2) is 0 Å². The second kappa shape index (κ2) is 25.3. The molecule has 0 bridgehead atoms. The molecule has 99 heavy (non-hydrogen) atoms. The summed E-state index contributed by atoms with van der Waals surface area (Å²) in [7, 11) is 4.45. The second-order valence-electron chi connectivity index (χ2n) is 39.8. The lowest BCUT2D eigenvalue weighted by Crippen LogP contribution is -2.27. The van der Waals surface area contributed by atoms with E-state index in [4.69, 9.17) is 0 Å². The molecule has 0 unspecified atom stereocenters. The average molecular weight is 1330 g/mol. The molecular weight excluding hydrogens is 1210 g/mol. The zero-order valence-electron chi connectivity index (χ0n) is 66.9. The number of rotatable bonds is 14. The van der Waals surface area contributed by atoms with Crippen LogP contribution in [0.4, 0.5) is 11.4 Å². The molecule has 6 nitrogen and oxygen atoms in total. The maximum absolute atomic E-state index is 13.6. The van der Waals surface area contributed by atoms with Crippen LogP contribution in [0.1, 0.15) is 258 Å². The first-order chi connectivity index (χ1) is 45.2. The fraction of sp³-hybridized carbons (Fsp3) is 0.484. The molecule has 8 aromatic carbocycles. The van der Waals surface area contributed by atoms with Gasteiger partial charge >= 0.3 is 0 Å². The van der Waals surface area contributed by atoms with E-state index < -0.39 is 0 Å². The lowest BCUT2D eigenvalue weighted by Gasteiger charge is -2.34. The largest absolute Gasteiger partial charge is 0.505 e. The van der Waals surface area contributed by atoms with Crippen molar-refractivity contribution in [2.75, 3.05) is 37.0 Å². The van der Waals surface area contributed by atoms with Crippen molar-refractivity contribution in [3.63, 3.8) is 0 Å². The fourth-order valence-corrected chi connectivity index (χ4v) is 15.9. The maximum atomic E-state index is 13.6. The molecule has 10 rings (SSSR count). The number of aromatic hydroxyl groups is 2. The van der Waals surface area contributed by atoms with E-state index in [0.717, 1.165) is 99.4 Å². The van der Waals surface area contributed by atoms with Crippen molar-refractivity contribution in [2.24, 2.45) is 10.8 Å². The molecule has 0 saturated carbocycles. The van der Waals surface area contributed by atoms with Gasteiger partial charge in [0.15, 0.2) is 0 Å². The molecule has 0 aliphatic heterocycles. The van der Waals surface area contributed by atoms with Crippen molar-refractivity contribution < 1.29 is 10.2 Å². The van der Waals surface area contributed by atoms with E-state index in [-0.39, 0.29) is 65.6 Å². The smallest absolute Gasteiger partial charge is 0.147 e. The molecule has 0 atom stereocenters. The molecule has 6 heteroatoms. The highest BCUT2D eigenvalue weighted by atomic mass is 16.3.